The van der Waals surface area contributed by atoms with Crippen molar-refractivity contribution in [3.05, 3.63) is 138 Å². The van der Waals surface area contributed by atoms with Gasteiger partial charge in [-0.3, -0.25) is 33.9 Å². The molecule has 7 heterocycles. The maximum atomic E-state index is 12.7. The molecule has 24 rings (SSSR count). The van der Waals surface area contributed by atoms with Gasteiger partial charge in [0.1, 0.15) is 24.4 Å². The summed E-state index contributed by atoms with van der Waals surface area (Å²) in [7, 11) is 0. The number of hydrogen-bond acceptors (Lipinski definition) is 24. The highest BCUT2D eigenvalue weighted by Gasteiger charge is 2.73. The zero-order chi connectivity index (χ0) is 101. The van der Waals surface area contributed by atoms with Gasteiger partial charge >= 0.3 is 46.4 Å². The minimum Gasteiger partial charge on any atom is -0.462 e. The van der Waals surface area contributed by atoms with E-state index in [4.69, 9.17) is 41.4 Å². The number of carbonyl (C=O) groups is 4. The van der Waals surface area contributed by atoms with Crippen molar-refractivity contribution in [3.63, 3.8) is 0 Å². The molecule has 0 bridgehead atoms. The lowest BCUT2D eigenvalue weighted by Crippen LogP contribution is -2.62. The summed E-state index contributed by atoms with van der Waals surface area (Å²) in [5.74, 6) is 6.45. The topological polar surface area (TPSA) is 326 Å². The van der Waals surface area contributed by atoms with E-state index in [1.807, 2.05) is 24.3 Å². The van der Waals surface area contributed by atoms with E-state index in [9.17, 15) is 58.8 Å². The van der Waals surface area contributed by atoms with Gasteiger partial charge in [-0.2, -0.15) is 0 Å². The standard InChI is InChI=1S/C31H45NO5.C30H43NO6.C30H43NO5.C30H42O5/c1-29-13-10-23(37-28(34)19-32-16-4-3-5-17-32)18-22(29)7-8-26-25(29)11-14-30(2)24(12-15-31(26,30)35)21-6-9-27(33)36-20-21;1-28-10-7-22(37-27(33)18-31-13-15-35-16-14-31)17-21(28)4-5-25-24(28)8-11-29(2)23(9-12-30(25,29)34)20-3-6-26(32)36-19-20;1-28-12-9-22(36-27(33)18-31-15-3-4-16-31)17-21(28)6-7-25-24(28)10-13-29(2)23(11-14-30(25,29)34)20-5-8-26(32)35-19-20;1-28-14-11-22(35-27(32)19-5-3-4-6-19)17-21(28)8-9-25-24(28)12-15-29(2)23(13-16-30(25,29)33)20-7-10-26(31)34-18-20/h6,9,20,22-26,35H,3-5,7-8,10-19H2,1-2H3;3,6,19,21-25,34H,4-5,7-18H2,1-2H3;5,8,19,21-25,34H,3-4,6-7,9-18H2,1-2H3;7,10,18-19,21-25,33H,3-6,8-9,11-17H2,1-2H3/t22-,23+,24-,25+,26-,29+,30-,31+;3*21-,22+,23-,24+,25-,28+,29-,30+/m1111/s1. The number of aliphatic hydroxyl groups is 4. The monoisotopic (exact) mass is 2000 g/mol. The van der Waals surface area contributed by atoms with Crippen LogP contribution in [0.15, 0.2) is 110 Å². The van der Waals surface area contributed by atoms with E-state index in [1.165, 1.54) is 56.4 Å². The van der Waals surface area contributed by atoms with Crippen LogP contribution >= 0.6 is 0 Å². The number of nitrogens with zero attached hydrogens (tertiary/aromatic N) is 3. The molecule has 17 aliphatic carbocycles. The molecule has 32 atom stereocenters. The molecule has 4 aromatic heterocycles. The Balaban J connectivity index is 0.000000114. The van der Waals surface area contributed by atoms with E-state index in [0.717, 1.165) is 318 Å². The maximum absolute atomic E-state index is 12.7. The Hall–Kier alpha value is -6.64. The van der Waals surface area contributed by atoms with Crippen molar-refractivity contribution in [2.75, 3.05) is 72.1 Å². The molecule has 0 aromatic carbocycles. The molecule has 0 amide bonds. The molecule has 0 spiro atoms. The fourth-order valence-corrected chi connectivity index (χ4v) is 39.0. The molecule has 0 radical (unpaired) electrons. The van der Waals surface area contributed by atoms with E-state index in [-0.39, 0.29) is 144 Å². The summed E-state index contributed by atoms with van der Waals surface area (Å²) < 4.78 is 50.4. The molecule has 17 saturated carbocycles. The predicted molar refractivity (Wildman–Crippen MR) is 548 cm³/mol. The predicted octanol–water partition coefficient (Wildman–Crippen LogP) is 20.3. The number of morpholine rings is 1. The van der Waals surface area contributed by atoms with Crippen molar-refractivity contribution < 1.29 is 81.0 Å². The molecule has 798 valence electrons. The van der Waals surface area contributed by atoms with Crippen LogP contribution in [0.2, 0.25) is 0 Å². The van der Waals surface area contributed by atoms with Crippen LogP contribution in [0, 0.1) is 120 Å². The Kier molecular flexibility index (Phi) is 29.3. The Labute approximate surface area is 859 Å². The fraction of sp³-hybridized carbons (Fsp3) is 0.802. The SMILES string of the molecule is C[C@]12CC[C@H](OC(=O)C3CCCC3)C[C@H]1CC[C@@H]1[C@@H]2CC[C@]2(C)[C@@H](c3ccc(=O)oc3)CC[C@]12O.C[C@]12CC[C@H](OC(=O)CN3CCCC3)C[C@H]1CC[C@@H]1[C@@H]2CC[C@]2(C)[C@@H](c3ccc(=O)oc3)CC[C@]12O.C[C@]12CC[C@H](OC(=O)CN3CCCCC3)C[C@H]1CC[C@@H]1[C@@H]2CC[C@]2(C)[C@@H](c3ccc(=O)oc3)CC[C@]12O.C[C@]12CC[C@H](OC(=O)CN3CCOCC3)C[C@H]1CC[C@@H]1[C@@H]2CC[C@]2(C)[C@@H](c3ccc(=O)oc3)CC[C@]12O. The van der Waals surface area contributed by atoms with Crippen LogP contribution < -0.4 is 22.5 Å². The van der Waals surface area contributed by atoms with Gasteiger partial charge in [0.15, 0.2) is 0 Å². The third-order valence-corrected chi connectivity index (χ3v) is 47.4. The van der Waals surface area contributed by atoms with E-state index < -0.39 is 22.4 Å². The van der Waals surface area contributed by atoms with E-state index in [0.29, 0.717) is 104 Å². The zero-order valence-corrected chi connectivity index (χ0v) is 88.7. The van der Waals surface area contributed by atoms with Crippen molar-refractivity contribution in [1.82, 2.24) is 14.7 Å². The number of fused-ring (bicyclic) bond motifs is 20. The summed E-state index contributed by atoms with van der Waals surface area (Å²) in [6.07, 6.45) is 53.4. The summed E-state index contributed by atoms with van der Waals surface area (Å²) in [5.41, 5.74) is 0.275. The molecule has 24 nitrogen and oxygen atoms in total. The summed E-state index contributed by atoms with van der Waals surface area (Å²) in [6.45, 7) is 27.3. The Bertz CT molecular complexity index is 5280. The molecule has 3 saturated heterocycles. The third-order valence-electron chi connectivity index (χ3n) is 47.4. The second kappa shape index (κ2) is 40.7. The quantitative estimate of drug-likeness (QED) is 0.0634. The van der Waals surface area contributed by atoms with E-state index in [1.54, 1.807) is 25.1 Å². The average Bonchev–Trinajstić information content (AvgIpc) is 1.60. The molecule has 145 heavy (non-hydrogen) atoms. The first-order valence-electron chi connectivity index (χ1n) is 58.2. The summed E-state index contributed by atoms with van der Waals surface area (Å²) in [6, 6.07) is 13.7. The number of likely N-dealkylation sites (tertiary alicyclic amines) is 2. The van der Waals surface area contributed by atoms with Gasteiger partial charge < -0.3 is 61.8 Å². The number of carbonyl (C=O) groups excluding carboxylic acids is 4. The molecule has 20 fully saturated rings. The van der Waals surface area contributed by atoms with Crippen molar-refractivity contribution in [1.29, 1.82) is 0 Å². The average molecular weight is 2010 g/mol. The van der Waals surface area contributed by atoms with E-state index in [2.05, 4.69) is 70.1 Å². The Morgan fingerprint density at radius 2 is 0.552 bits per heavy atom. The van der Waals surface area contributed by atoms with Gasteiger partial charge in [-0.15, -0.1) is 0 Å². The van der Waals surface area contributed by atoms with Crippen LogP contribution in [0.3, 0.4) is 0 Å². The Morgan fingerprint density at radius 1 is 0.290 bits per heavy atom. The van der Waals surface area contributed by atoms with Crippen molar-refractivity contribution >= 4 is 23.9 Å². The number of rotatable bonds is 15. The largest absolute Gasteiger partial charge is 0.462 e. The third kappa shape index (κ3) is 18.6. The molecule has 20 aliphatic rings. The van der Waals surface area contributed by atoms with Crippen LogP contribution in [-0.2, 0) is 42.9 Å². The zero-order valence-electron chi connectivity index (χ0n) is 88.7. The van der Waals surface area contributed by atoms with Gasteiger partial charge in [-0.1, -0.05) is 74.7 Å². The van der Waals surface area contributed by atoms with Gasteiger partial charge in [-0.25, -0.2) is 19.2 Å². The molecule has 24 heteroatoms. The molecule has 0 unspecified atom stereocenters. The van der Waals surface area contributed by atoms with Gasteiger partial charge in [-0.05, 0) is 459 Å². The summed E-state index contributed by atoms with van der Waals surface area (Å²) in [4.78, 5) is 103. The first-order valence-corrected chi connectivity index (χ1v) is 58.2. The lowest BCUT2D eigenvalue weighted by molar-refractivity contribution is -0.208. The van der Waals surface area contributed by atoms with Crippen LogP contribution in [0.25, 0.3) is 0 Å². The molecular weight excluding hydrogens is 1830 g/mol. The number of ether oxygens (including phenoxy) is 5. The Morgan fingerprint density at radius 3 is 0.821 bits per heavy atom. The maximum Gasteiger partial charge on any atom is 0.335 e. The number of esters is 4. The molecule has 4 N–H and O–H groups in total. The lowest BCUT2D eigenvalue weighted by atomic mass is 9.43. The lowest BCUT2D eigenvalue weighted by Gasteiger charge is -2.63. The second-order valence-corrected chi connectivity index (χ2v) is 53.1. The fourth-order valence-electron chi connectivity index (χ4n) is 39.0. The van der Waals surface area contributed by atoms with E-state index >= 15 is 0 Å². The minimum atomic E-state index is -0.688. The van der Waals surface area contributed by atoms with Crippen LogP contribution in [0.5, 0.6) is 0 Å². The number of piperidine rings is 1. The smallest absolute Gasteiger partial charge is 0.335 e. The highest BCUT2D eigenvalue weighted by atomic mass is 16.6. The van der Waals surface area contributed by atoms with Gasteiger partial charge in [0.2, 0.25) is 0 Å². The molecular formula is C121H173N3O21. The first-order chi connectivity index (χ1) is 69.4. The van der Waals surface area contributed by atoms with Gasteiger partial charge in [0.05, 0.1) is 86.2 Å². The highest BCUT2D eigenvalue weighted by Crippen LogP contribution is 2.77. The normalized spacial score (nSPS) is 44.4. The second-order valence-electron chi connectivity index (χ2n) is 53.1. The van der Waals surface area contributed by atoms with Gasteiger partial charge in [0, 0.05) is 59.0 Å². The molecule has 3 aliphatic heterocycles. The van der Waals surface area contributed by atoms with Crippen molar-refractivity contribution in [2.45, 2.75) is 415 Å². The number of hydrogen-bond donors (Lipinski definition) is 4. The summed E-state index contributed by atoms with van der Waals surface area (Å²) >= 11 is 0. The van der Waals surface area contributed by atoms with Crippen molar-refractivity contribution in [2.24, 2.45) is 120 Å². The van der Waals surface area contributed by atoms with Crippen LogP contribution in [-0.4, -0.2) is 178 Å². The minimum absolute atomic E-state index is 0.0173. The molecule has 4 aromatic rings. The summed E-state index contributed by atoms with van der Waals surface area (Å²) in [5, 5.41) is 49.6. The van der Waals surface area contributed by atoms with Crippen LogP contribution in [0.1, 0.15) is 390 Å². The first kappa shape index (κ1) is 104. The van der Waals surface area contributed by atoms with Crippen LogP contribution in [0.4, 0.5) is 0 Å². The highest BCUT2D eigenvalue weighted by molar-refractivity contribution is 5.73. The van der Waals surface area contributed by atoms with Crippen molar-refractivity contribution in [3.8, 4) is 0 Å². The van der Waals surface area contributed by atoms with Gasteiger partial charge in [0.25, 0.3) is 0 Å².